The summed E-state index contributed by atoms with van der Waals surface area (Å²) >= 11 is 0. The third kappa shape index (κ3) is 9.21. The van der Waals surface area contributed by atoms with E-state index in [-0.39, 0.29) is 23.0 Å². The second kappa shape index (κ2) is 19.6. The van der Waals surface area contributed by atoms with E-state index in [9.17, 15) is 18.8 Å². The number of nitriles is 1. The molecule has 0 atom stereocenters. The molecule has 73 heavy (non-hydrogen) atoms. The number of pyridine rings is 1. The number of amides is 1. The number of amidine groups is 1. The summed E-state index contributed by atoms with van der Waals surface area (Å²) in [6.07, 6.45) is 14.4. The minimum Gasteiger partial charge on any atom is -0.473 e. The maximum atomic E-state index is 14.8. The fourth-order valence-corrected chi connectivity index (χ4v) is 13.0. The van der Waals surface area contributed by atoms with Gasteiger partial charge in [0.25, 0.3) is 6.43 Å². The molecule has 7 aliphatic rings. The van der Waals surface area contributed by atoms with Crippen LogP contribution in [0.2, 0.25) is 0 Å². The monoisotopic (exact) mass is 989 g/mol. The van der Waals surface area contributed by atoms with Crippen LogP contribution in [0, 0.1) is 22.7 Å². The fourth-order valence-electron chi connectivity index (χ4n) is 13.0. The number of aryl methyl sites for hydroxylation is 2. The van der Waals surface area contributed by atoms with Crippen molar-refractivity contribution >= 4 is 45.6 Å². The van der Waals surface area contributed by atoms with E-state index in [0.29, 0.717) is 54.5 Å². The van der Waals surface area contributed by atoms with Crippen molar-refractivity contribution in [2.45, 2.75) is 96.5 Å². The molecule has 0 unspecified atom stereocenters. The molecule has 1 aliphatic carbocycles. The zero-order valence-electron chi connectivity index (χ0n) is 42.0. The van der Waals surface area contributed by atoms with Crippen LogP contribution >= 0.6 is 0 Å². The van der Waals surface area contributed by atoms with Gasteiger partial charge in [0.15, 0.2) is 11.5 Å². The van der Waals surface area contributed by atoms with Crippen LogP contribution in [0.1, 0.15) is 101 Å². The minimum absolute atomic E-state index is 0.00369. The first-order valence-electron chi connectivity index (χ1n) is 26.5. The van der Waals surface area contributed by atoms with Gasteiger partial charge in [0.1, 0.15) is 12.2 Å². The molecule has 17 heteroatoms. The first-order chi connectivity index (χ1) is 35.6. The number of anilines is 3. The van der Waals surface area contributed by atoms with Gasteiger partial charge in [-0.1, -0.05) is 4.68 Å². The van der Waals surface area contributed by atoms with E-state index in [2.05, 4.69) is 68.8 Å². The van der Waals surface area contributed by atoms with E-state index in [0.717, 1.165) is 162 Å². The van der Waals surface area contributed by atoms with Crippen molar-refractivity contribution in [2.75, 3.05) is 80.1 Å². The van der Waals surface area contributed by atoms with Crippen molar-refractivity contribution in [2.24, 2.45) is 23.5 Å². The first kappa shape index (κ1) is 47.2. The molecule has 5 aromatic rings. The number of halogens is 2. The number of piperidine rings is 2. The number of ether oxygens (including phenoxy) is 1. The van der Waals surface area contributed by atoms with Crippen molar-refractivity contribution in [1.29, 1.82) is 5.26 Å². The van der Waals surface area contributed by atoms with Gasteiger partial charge in [0, 0.05) is 137 Å². The Kier molecular flexibility index (Phi) is 12.7. The Bertz CT molecular complexity index is 3060. The summed E-state index contributed by atoms with van der Waals surface area (Å²) in [4.78, 5) is 28.7. The molecular formula is C56H64F2N13O2+. The summed E-state index contributed by atoms with van der Waals surface area (Å²) in [5.41, 5.74) is 9.35. The minimum atomic E-state index is -2.65. The molecule has 9 heterocycles. The maximum absolute atomic E-state index is 14.8. The largest absolute Gasteiger partial charge is 0.473 e. The molecule has 378 valence electrons. The molecule has 2 aromatic carbocycles. The van der Waals surface area contributed by atoms with Crippen LogP contribution in [0.25, 0.3) is 22.0 Å². The van der Waals surface area contributed by atoms with Gasteiger partial charge in [-0.05, 0) is 123 Å². The van der Waals surface area contributed by atoms with Gasteiger partial charge < -0.3 is 29.2 Å². The molecule has 0 bridgehead atoms. The summed E-state index contributed by atoms with van der Waals surface area (Å²) in [6.45, 7) is 10.4. The number of carbonyl (C=O) groups is 1. The highest BCUT2D eigenvalue weighted by Crippen LogP contribution is 2.45. The summed E-state index contributed by atoms with van der Waals surface area (Å²) in [5, 5.41) is 29.5. The zero-order valence-corrected chi connectivity index (χ0v) is 42.0. The van der Waals surface area contributed by atoms with Crippen LogP contribution in [0.3, 0.4) is 0 Å². The van der Waals surface area contributed by atoms with Crippen LogP contribution < -0.4 is 19.4 Å². The Morgan fingerprint density at radius 3 is 2.45 bits per heavy atom. The number of hydrogen-bond donors (Lipinski definition) is 0. The molecule has 0 N–H and O–H groups in total. The van der Waals surface area contributed by atoms with E-state index in [1.165, 1.54) is 11.4 Å². The van der Waals surface area contributed by atoms with E-state index in [1.807, 2.05) is 29.2 Å². The number of nitrogens with zero attached hydrogens (tertiary/aromatic N) is 13. The second-order valence-corrected chi connectivity index (χ2v) is 21.5. The number of aromatic nitrogens is 5. The van der Waals surface area contributed by atoms with Crippen LogP contribution in [0.15, 0.2) is 83.5 Å². The molecule has 6 aliphatic heterocycles. The lowest BCUT2D eigenvalue weighted by Gasteiger charge is -2.39. The summed E-state index contributed by atoms with van der Waals surface area (Å²) in [7, 11) is 1.80. The number of hydrogen-bond acceptors (Lipinski definition) is 12. The lowest BCUT2D eigenvalue weighted by atomic mass is 9.78. The molecule has 3 aromatic heterocycles. The Morgan fingerprint density at radius 1 is 0.918 bits per heavy atom. The van der Waals surface area contributed by atoms with E-state index in [1.54, 1.807) is 43.3 Å². The number of hydrazone groups is 1. The molecule has 12 rings (SSSR count). The number of rotatable bonds is 8. The van der Waals surface area contributed by atoms with E-state index in [4.69, 9.17) is 9.84 Å². The number of carbonyl (C=O) groups excluding carboxylic acids is 1. The van der Waals surface area contributed by atoms with Gasteiger partial charge in [-0.2, -0.15) is 10.4 Å². The Balaban J connectivity index is 0.642. The standard InChI is InChI=1S/C56H64F2N13O2/c1-37(72)68-25-17-49-47(35-68)55(70-22-4-5-39-29-45(41-32-61-65(2)34-41)46(54(57)58)30-50(39)70)64-71(49)42-10-7-38(8-11-42)33-66-23-15-43(16-24-66)73-52-14-13-51(62-63-52)67-26-18-56(19-27-67)20-28-69(36-56)48-12-9-40(31-59)53-44(48)6-3-21-60-53/h3,6,9,12-14,21,29-30,32,34,38,43,54H,4-5,7-8,10-11,15-20,22-28,33,35-36H2,1-2H3/q+1. The van der Waals surface area contributed by atoms with Crippen LogP contribution in [0.5, 0.6) is 5.88 Å². The molecule has 3 saturated heterocycles. The Labute approximate surface area is 425 Å². The number of alkyl halides is 2. The molecule has 1 spiro atoms. The molecule has 4 fully saturated rings. The van der Waals surface area contributed by atoms with Crippen molar-refractivity contribution in [1.82, 2.24) is 34.8 Å². The van der Waals surface area contributed by atoms with E-state index >= 15 is 0 Å². The molecule has 1 saturated carbocycles. The highest BCUT2D eigenvalue weighted by Gasteiger charge is 2.44. The fraction of sp³-hybridized carbons (Fsp3) is 0.500. The van der Waals surface area contributed by atoms with Crippen LogP contribution in [0.4, 0.5) is 26.0 Å². The smallest absolute Gasteiger partial charge is 0.264 e. The van der Waals surface area contributed by atoms with Crippen LogP contribution in [-0.4, -0.2) is 128 Å². The molecular weight excluding hydrogens is 925 g/mol. The number of likely N-dealkylation sites (tertiary alicyclic amines) is 1. The lowest BCUT2D eigenvalue weighted by molar-refractivity contribution is -0.484. The molecule has 0 radical (unpaired) electrons. The summed E-state index contributed by atoms with van der Waals surface area (Å²) in [6, 6.07) is 18.0. The van der Waals surface area contributed by atoms with Gasteiger partial charge in [-0.15, -0.1) is 10.2 Å². The van der Waals surface area contributed by atoms with Gasteiger partial charge >= 0.3 is 0 Å². The highest BCUT2D eigenvalue weighted by atomic mass is 19.3. The maximum Gasteiger partial charge on any atom is 0.264 e. The molecule has 15 nitrogen and oxygen atoms in total. The number of fused-ring (bicyclic) bond motifs is 2. The summed E-state index contributed by atoms with van der Waals surface area (Å²) in [5.74, 6) is 2.92. The quantitative estimate of drug-likeness (QED) is 0.138. The second-order valence-electron chi connectivity index (χ2n) is 21.5. The van der Waals surface area contributed by atoms with Crippen molar-refractivity contribution in [3.63, 3.8) is 0 Å². The van der Waals surface area contributed by atoms with Crippen molar-refractivity contribution in [3.05, 3.63) is 95.1 Å². The highest BCUT2D eigenvalue weighted by molar-refractivity contribution is 6.12. The van der Waals surface area contributed by atoms with Crippen LogP contribution in [-0.2, 0) is 18.3 Å². The van der Waals surface area contributed by atoms with Gasteiger partial charge in [0.2, 0.25) is 23.3 Å². The van der Waals surface area contributed by atoms with Gasteiger partial charge in [-0.3, -0.25) is 14.5 Å². The lowest BCUT2D eigenvalue weighted by Crippen LogP contribution is -2.42. The normalized spacial score (nSPS) is 21.6. The number of benzene rings is 2. The van der Waals surface area contributed by atoms with Crippen molar-refractivity contribution in [3.8, 4) is 23.1 Å². The predicted molar refractivity (Wildman–Crippen MR) is 277 cm³/mol. The first-order valence-corrected chi connectivity index (χ1v) is 26.5. The SMILES string of the molecule is CC(=O)N1CCC2=C(C1)C(N1CCCc3cc(-c4cnn(C)c4)c(C(F)F)cc31)=N[N+]2=C1CCC(CN2CCC(Oc3ccc(N4CCC5(CC4)CCN(c4ccc(C#N)c6ncccc46)C5)nn3)CC2)CC1. The summed E-state index contributed by atoms with van der Waals surface area (Å²) < 4.78 is 39.8. The average Bonchev–Trinajstić information content (AvgIpc) is 4.16. The predicted octanol–water partition coefficient (Wildman–Crippen LogP) is 8.50. The molecule has 1 amide bonds. The van der Waals surface area contributed by atoms with Crippen molar-refractivity contribution < 1.29 is 23.0 Å². The average molecular weight is 989 g/mol. The third-order valence-corrected chi connectivity index (χ3v) is 17.1. The Hall–Kier alpha value is -6.80. The Morgan fingerprint density at radius 2 is 1.73 bits per heavy atom. The topological polar surface area (TPSA) is 138 Å². The van der Waals surface area contributed by atoms with E-state index < -0.39 is 6.43 Å². The van der Waals surface area contributed by atoms with Gasteiger partial charge in [0.05, 0.1) is 35.8 Å². The zero-order chi connectivity index (χ0) is 49.8. The van der Waals surface area contributed by atoms with Gasteiger partial charge in [-0.25, -0.2) is 8.78 Å². The third-order valence-electron chi connectivity index (χ3n) is 17.1.